The van der Waals surface area contributed by atoms with Crippen LogP contribution in [0.5, 0.6) is 0 Å². The maximum atomic E-state index is 13.4. The second kappa shape index (κ2) is 6.69. The number of hydrogen-bond donors (Lipinski definition) is 5. The molecule has 8 nitrogen and oxygen atoms in total. The summed E-state index contributed by atoms with van der Waals surface area (Å²) in [4.78, 5) is 13.4. The number of ether oxygens (including phenoxy) is 2. The monoisotopic (exact) mass is 414 g/mol. The molecule has 1 heterocycles. The molecule has 0 aromatic heterocycles. The van der Waals surface area contributed by atoms with Crippen LogP contribution in [-0.4, -0.2) is 80.3 Å². The fourth-order valence-electron chi connectivity index (χ4n) is 6.86. The molecule has 3 aliphatic carbocycles. The number of ketones is 1. The van der Waals surface area contributed by atoms with Crippen molar-refractivity contribution in [2.24, 2.45) is 28.6 Å². The number of Topliss-reactive ketones (excluding diaryl/α,β-unsaturated/α-hetero) is 1. The van der Waals surface area contributed by atoms with Gasteiger partial charge in [0.15, 0.2) is 6.29 Å². The first-order valence-corrected chi connectivity index (χ1v) is 10.6. The minimum absolute atomic E-state index is 0.0695. The zero-order valence-corrected chi connectivity index (χ0v) is 17.5. The Labute approximate surface area is 170 Å². The van der Waals surface area contributed by atoms with Crippen molar-refractivity contribution in [3.63, 3.8) is 0 Å². The largest absolute Gasteiger partial charge is 0.394 e. The van der Waals surface area contributed by atoms with Crippen LogP contribution >= 0.6 is 0 Å². The summed E-state index contributed by atoms with van der Waals surface area (Å²) < 4.78 is 11.8. The van der Waals surface area contributed by atoms with Crippen molar-refractivity contribution in [1.82, 2.24) is 0 Å². The van der Waals surface area contributed by atoms with E-state index >= 15 is 0 Å². The van der Waals surface area contributed by atoms with Crippen molar-refractivity contribution >= 4 is 5.78 Å². The number of aliphatic hydroxyl groups excluding tert-OH is 4. The minimum atomic E-state index is -1.52. The molecule has 11 atom stereocenters. The molecule has 1 aliphatic heterocycles. The van der Waals surface area contributed by atoms with Gasteiger partial charge in [-0.2, -0.15) is 0 Å². The molecule has 4 fully saturated rings. The molecular formula is C21H34O8. The van der Waals surface area contributed by atoms with E-state index in [1.54, 1.807) is 13.8 Å². The van der Waals surface area contributed by atoms with Crippen LogP contribution in [0.25, 0.3) is 0 Å². The molecule has 5 N–H and O–H groups in total. The third-order valence-corrected chi connectivity index (χ3v) is 8.82. The van der Waals surface area contributed by atoms with Gasteiger partial charge in [0.25, 0.3) is 0 Å². The average molecular weight is 414 g/mol. The molecule has 0 aromatic rings. The van der Waals surface area contributed by atoms with Crippen LogP contribution in [0.15, 0.2) is 0 Å². The summed E-state index contributed by atoms with van der Waals surface area (Å²) in [6.45, 7) is 6.93. The van der Waals surface area contributed by atoms with Crippen LogP contribution in [0.3, 0.4) is 0 Å². The van der Waals surface area contributed by atoms with E-state index in [4.69, 9.17) is 9.47 Å². The summed E-state index contributed by atoms with van der Waals surface area (Å²) in [6, 6.07) is 0. The molecule has 3 saturated carbocycles. The highest BCUT2D eigenvalue weighted by Gasteiger charge is 2.75. The predicted molar refractivity (Wildman–Crippen MR) is 100 cm³/mol. The van der Waals surface area contributed by atoms with Gasteiger partial charge in [-0.3, -0.25) is 4.79 Å². The van der Waals surface area contributed by atoms with E-state index < -0.39 is 59.8 Å². The van der Waals surface area contributed by atoms with E-state index in [-0.39, 0.29) is 23.5 Å². The summed E-state index contributed by atoms with van der Waals surface area (Å²) in [5, 5.41) is 50.8. The standard InChI is InChI=1S/C21H34O8/c1-19(2,27)10-7-12(21(4)9-5-6-20(21,3)17(26)13(9)10)29-18-16(25)15(24)14(23)11(8-22)28-18/h9-16,18,22-25,27H,5-8H2,1-4H3/t9?,10-,11+,12-,13-,14+,15-,16+,18-,20+,21+/m0/s1. The first-order chi connectivity index (χ1) is 13.4. The van der Waals surface area contributed by atoms with Gasteiger partial charge in [0.1, 0.15) is 30.2 Å². The van der Waals surface area contributed by atoms with E-state index in [0.29, 0.717) is 6.42 Å². The molecule has 0 amide bonds. The van der Waals surface area contributed by atoms with Gasteiger partial charge in [-0.15, -0.1) is 0 Å². The SMILES string of the molecule is CC(C)(O)[C@H]1C[C@H](O[C@@H]2O[C@H](CO)[C@@H](O)[C@H](O)[C@H]2O)[C@@]2(C)C3CC[C@]2(C)C(=O)[C@@H]31. The van der Waals surface area contributed by atoms with Gasteiger partial charge in [-0.05, 0) is 44.9 Å². The highest BCUT2D eigenvalue weighted by Crippen LogP contribution is 2.73. The molecular weight excluding hydrogens is 380 g/mol. The molecule has 4 rings (SSSR count). The molecule has 166 valence electrons. The Morgan fingerprint density at radius 3 is 2.41 bits per heavy atom. The van der Waals surface area contributed by atoms with Crippen molar-refractivity contribution in [2.75, 3.05) is 6.61 Å². The second-order valence-corrected chi connectivity index (χ2v) is 10.5. The van der Waals surface area contributed by atoms with Crippen LogP contribution in [0, 0.1) is 28.6 Å². The Hall–Kier alpha value is -0.610. The lowest BCUT2D eigenvalue weighted by Gasteiger charge is -2.51. The van der Waals surface area contributed by atoms with Crippen LogP contribution < -0.4 is 0 Å². The van der Waals surface area contributed by atoms with E-state index in [0.717, 1.165) is 12.8 Å². The molecule has 8 heteroatoms. The lowest BCUT2D eigenvalue weighted by Crippen LogP contribution is -2.61. The lowest BCUT2D eigenvalue weighted by molar-refractivity contribution is -0.327. The van der Waals surface area contributed by atoms with E-state index in [2.05, 4.69) is 6.92 Å². The number of aliphatic hydroxyl groups is 5. The molecule has 4 aliphatic rings. The predicted octanol–water partition coefficient (Wildman–Crippen LogP) is -0.416. The Morgan fingerprint density at radius 1 is 1.17 bits per heavy atom. The first-order valence-electron chi connectivity index (χ1n) is 10.6. The van der Waals surface area contributed by atoms with Crippen LogP contribution in [-0.2, 0) is 14.3 Å². The number of carbonyl (C=O) groups is 1. The fourth-order valence-corrected chi connectivity index (χ4v) is 6.86. The quantitative estimate of drug-likeness (QED) is 0.392. The van der Waals surface area contributed by atoms with Crippen molar-refractivity contribution in [3.05, 3.63) is 0 Å². The summed E-state index contributed by atoms with van der Waals surface area (Å²) >= 11 is 0. The molecule has 0 radical (unpaired) electrons. The summed E-state index contributed by atoms with van der Waals surface area (Å²) in [5.41, 5.74) is -2.13. The number of hydrogen-bond acceptors (Lipinski definition) is 8. The summed E-state index contributed by atoms with van der Waals surface area (Å²) in [6.07, 6.45) is -5.17. The zero-order chi connectivity index (χ0) is 21.5. The zero-order valence-electron chi connectivity index (χ0n) is 17.5. The fraction of sp³-hybridized carbons (Fsp3) is 0.952. The van der Waals surface area contributed by atoms with E-state index in [9.17, 15) is 30.3 Å². The Kier molecular flexibility index (Phi) is 4.99. The molecule has 1 unspecified atom stereocenters. The van der Waals surface area contributed by atoms with Gasteiger partial charge in [-0.1, -0.05) is 13.8 Å². The highest BCUT2D eigenvalue weighted by molar-refractivity contribution is 5.92. The summed E-state index contributed by atoms with van der Waals surface area (Å²) in [7, 11) is 0. The van der Waals surface area contributed by atoms with Crippen LogP contribution in [0.1, 0.15) is 47.0 Å². The summed E-state index contributed by atoms with van der Waals surface area (Å²) in [5.74, 6) is -0.248. The first kappa shape index (κ1) is 21.6. The third-order valence-electron chi connectivity index (χ3n) is 8.82. The number of carbonyl (C=O) groups excluding carboxylic acids is 1. The third kappa shape index (κ3) is 2.73. The van der Waals surface area contributed by atoms with Crippen molar-refractivity contribution in [1.29, 1.82) is 0 Å². The van der Waals surface area contributed by atoms with E-state index in [1.807, 2.05) is 6.92 Å². The maximum Gasteiger partial charge on any atom is 0.186 e. The van der Waals surface area contributed by atoms with Gasteiger partial charge in [0.05, 0.1) is 18.3 Å². The maximum absolute atomic E-state index is 13.4. The van der Waals surface area contributed by atoms with Gasteiger partial charge >= 0.3 is 0 Å². The van der Waals surface area contributed by atoms with Gasteiger partial charge in [0, 0.05) is 16.7 Å². The average Bonchev–Trinajstić information content (AvgIpc) is 2.98. The number of rotatable bonds is 4. The van der Waals surface area contributed by atoms with Gasteiger partial charge in [0.2, 0.25) is 0 Å². The van der Waals surface area contributed by atoms with Crippen LogP contribution in [0.4, 0.5) is 0 Å². The lowest BCUT2D eigenvalue weighted by atomic mass is 9.59. The normalized spacial score (nSPS) is 54.8. The van der Waals surface area contributed by atoms with Crippen molar-refractivity contribution < 1.29 is 39.8 Å². The van der Waals surface area contributed by atoms with Gasteiger partial charge in [-0.25, -0.2) is 0 Å². The molecule has 1 saturated heterocycles. The van der Waals surface area contributed by atoms with Gasteiger partial charge < -0.3 is 35.0 Å². The molecule has 4 bridgehead atoms. The Morgan fingerprint density at radius 2 is 1.83 bits per heavy atom. The molecule has 29 heavy (non-hydrogen) atoms. The molecule has 0 aromatic carbocycles. The topological polar surface area (TPSA) is 137 Å². The molecule has 0 spiro atoms. The smallest absolute Gasteiger partial charge is 0.186 e. The van der Waals surface area contributed by atoms with E-state index in [1.165, 1.54) is 0 Å². The van der Waals surface area contributed by atoms with Crippen molar-refractivity contribution in [3.8, 4) is 0 Å². The second-order valence-electron chi connectivity index (χ2n) is 10.5. The van der Waals surface area contributed by atoms with Crippen molar-refractivity contribution in [2.45, 2.75) is 89.4 Å². The minimum Gasteiger partial charge on any atom is -0.394 e. The Bertz CT molecular complexity index is 672. The highest BCUT2D eigenvalue weighted by atomic mass is 16.7. The van der Waals surface area contributed by atoms with Crippen LogP contribution in [0.2, 0.25) is 0 Å². The Balaban J connectivity index is 1.67.